The van der Waals surface area contributed by atoms with Crippen molar-refractivity contribution in [3.05, 3.63) is 0 Å². The maximum absolute atomic E-state index is 10.6. The van der Waals surface area contributed by atoms with Crippen LogP contribution in [0.25, 0.3) is 0 Å². The Morgan fingerprint density at radius 1 is 1.64 bits per heavy atom. The van der Waals surface area contributed by atoms with Crippen molar-refractivity contribution in [1.29, 1.82) is 0 Å². The van der Waals surface area contributed by atoms with Gasteiger partial charge in [0.2, 0.25) is 0 Å². The lowest BCUT2D eigenvalue weighted by Gasteiger charge is -2.21. The zero-order valence-corrected chi connectivity index (χ0v) is 6.38. The fourth-order valence-electron chi connectivity index (χ4n) is 2.01. The van der Waals surface area contributed by atoms with E-state index < -0.39 is 5.97 Å². The van der Waals surface area contributed by atoms with E-state index in [0.717, 1.165) is 25.9 Å². The van der Waals surface area contributed by atoms with E-state index in [2.05, 4.69) is 0 Å². The van der Waals surface area contributed by atoms with Crippen molar-refractivity contribution in [3.63, 3.8) is 0 Å². The number of carboxylic acids is 1. The minimum absolute atomic E-state index is 0.0457. The fourth-order valence-corrected chi connectivity index (χ4v) is 2.01. The molecular weight excluding hydrogens is 144 g/mol. The van der Waals surface area contributed by atoms with Crippen LogP contribution in [0.2, 0.25) is 0 Å². The van der Waals surface area contributed by atoms with Crippen molar-refractivity contribution < 1.29 is 14.6 Å². The van der Waals surface area contributed by atoms with E-state index in [0.29, 0.717) is 6.61 Å². The van der Waals surface area contributed by atoms with E-state index in [-0.39, 0.29) is 11.3 Å². The maximum atomic E-state index is 10.6. The predicted molar refractivity (Wildman–Crippen MR) is 38.2 cm³/mol. The summed E-state index contributed by atoms with van der Waals surface area (Å²) in [5.41, 5.74) is 0.0457. The molecule has 2 rings (SSSR count). The standard InChI is InChI=1S/C8H12O3/c9-7(10)6-4-8(6)2-1-3-11-5-8/h6H,1-5H2,(H,9,10)/t6-,8-/m1/s1. The minimum Gasteiger partial charge on any atom is -0.481 e. The number of carbonyl (C=O) groups is 1. The summed E-state index contributed by atoms with van der Waals surface area (Å²) in [4.78, 5) is 10.6. The summed E-state index contributed by atoms with van der Waals surface area (Å²) >= 11 is 0. The first kappa shape index (κ1) is 7.10. The molecule has 0 aromatic rings. The quantitative estimate of drug-likeness (QED) is 0.613. The summed E-state index contributed by atoms with van der Waals surface area (Å²) in [5, 5.41) is 8.72. The van der Waals surface area contributed by atoms with Gasteiger partial charge in [-0.1, -0.05) is 0 Å². The third-order valence-electron chi connectivity index (χ3n) is 2.84. The number of rotatable bonds is 1. The Balaban J connectivity index is 1.99. The lowest BCUT2D eigenvalue weighted by atomic mass is 9.96. The molecule has 1 saturated carbocycles. The number of carboxylic acid groups (broad SMARTS) is 1. The van der Waals surface area contributed by atoms with E-state index in [1.165, 1.54) is 0 Å². The van der Waals surface area contributed by atoms with Crippen LogP contribution in [0.15, 0.2) is 0 Å². The molecule has 62 valence electrons. The first-order chi connectivity index (χ1) is 5.25. The van der Waals surface area contributed by atoms with Gasteiger partial charge >= 0.3 is 5.97 Å². The van der Waals surface area contributed by atoms with Gasteiger partial charge in [0.15, 0.2) is 0 Å². The smallest absolute Gasteiger partial charge is 0.307 e. The van der Waals surface area contributed by atoms with E-state index >= 15 is 0 Å². The molecule has 11 heavy (non-hydrogen) atoms. The zero-order valence-electron chi connectivity index (χ0n) is 6.38. The van der Waals surface area contributed by atoms with Crippen molar-refractivity contribution in [2.24, 2.45) is 11.3 Å². The van der Waals surface area contributed by atoms with Crippen molar-refractivity contribution in [1.82, 2.24) is 0 Å². The van der Waals surface area contributed by atoms with E-state index in [9.17, 15) is 4.79 Å². The second-order valence-electron chi connectivity index (χ2n) is 3.61. The molecule has 0 aromatic carbocycles. The maximum Gasteiger partial charge on any atom is 0.307 e. The van der Waals surface area contributed by atoms with Gasteiger partial charge in [0.25, 0.3) is 0 Å². The molecule has 2 aliphatic rings. The molecular formula is C8H12O3. The zero-order chi connectivity index (χ0) is 7.90. The van der Waals surface area contributed by atoms with Gasteiger partial charge in [-0.3, -0.25) is 4.79 Å². The second-order valence-corrected chi connectivity index (χ2v) is 3.61. The Bertz CT molecular complexity index is 182. The van der Waals surface area contributed by atoms with Gasteiger partial charge in [-0.25, -0.2) is 0 Å². The van der Waals surface area contributed by atoms with Crippen LogP contribution in [-0.4, -0.2) is 24.3 Å². The number of ether oxygens (including phenoxy) is 1. The highest BCUT2D eigenvalue weighted by Crippen LogP contribution is 2.57. The summed E-state index contributed by atoms with van der Waals surface area (Å²) in [7, 11) is 0. The fraction of sp³-hybridized carbons (Fsp3) is 0.875. The predicted octanol–water partition coefficient (Wildman–Crippen LogP) is 0.888. The molecule has 1 N–H and O–H groups in total. The van der Waals surface area contributed by atoms with Crippen molar-refractivity contribution in [2.45, 2.75) is 19.3 Å². The lowest BCUT2D eigenvalue weighted by Crippen LogP contribution is -2.22. The monoisotopic (exact) mass is 156 g/mol. The highest BCUT2D eigenvalue weighted by molar-refractivity contribution is 5.74. The Hall–Kier alpha value is -0.570. The SMILES string of the molecule is O=C(O)[C@H]1C[C@@]12CCCOC2. The topological polar surface area (TPSA) is 46.5 Å². The summed E-state index contributed by atoms with van der Waals surface area (Å²) in [6.07, 6.45) is 2.91. The normalized spacial score (nSPS) is 42.4. The van der Waals surface area contributed by atoms with Gasteiger partial charge in [0.1, 0.15) is 0 Å². The molecule has 1 aliphatic heterocycles. The molecule has 0 unspecified atom stereocenters. The molecule has 0 amide bonds. The molecule has 3 nitrogen and oxygen atoms in total. The largest absolute Gasteiger partial charge is 0.481 e. The first-order valence-electron chi connectivity index (χ1n) is 4.05. The molecule has 0 bridgehead atoms. The average molecular weight is 156 g/mol. The van der Waals surface area contributed by atoms with Crippen LogP contribution in [0.5, 0.6) is 0 Å². The van der Waals surface area contributed by atoms with E-state index in [1.54, 1.807) is 0 Å². The molecule has 3 heteroatoms. The summed E-state index contributed by atoms with van der Waals surface area (Å²) in [6.45, 7) is 1.48. The van der Waals surface area contributed by atoms with Crippen LogP contribution < -0.4 is 0 Å². The minimum atomic E-state index is -0.643. The Labute approximate surface area is 65.4 Å². The van der Waals surface area contributed by atoms with Gasteiger partial charge in [0, 0.05) is 12.0 Å². The first-order valence-corrected chi connectivity index (χ1v) is 4.05. The molecule has 1 saturated heterocycles. The third-order valence-corrected chi connectivity index (χ3v) is 2.84. The van der Waals surface area contributed by atoms with Crippen molar-refractivity contribution >= 4 is 5.97 Å². The Kier molecular flexibility index (Phi) is 1.42. The average Bonchev–Trinajstić information content (AvgIpc) is 2.66. The molecule has 2 atom stereocenters. The van der Waals surface area contributed by atoms with Crippen LogP contribution >= 0.6 is 0 Å². The number of aliphatic carboxylic acids is 1. The highest BCUT2D eigenvalue weighted by atomic mass is 16.5. The van der Waals surface area contributed by atoms with Gasteiger partial charge in [-0.15, -0.1) is 0 Å². The van der Waals surface area contributed by atoms with E-state index in [1.807, 2.05) is 0 Å². The van der Waals surface area contributed by atoms with E-state index in [4.69, 9.17) is 9.84 Å². The molecule has 2 fully saturated rings. The second kappa shape index (κ2) is 2.21. The van der Waals surface area contributed by atoms with Gasteiger partial charge < -0.3 is 9.84 Å². The Morgan fingerprint density at radius 3 is 2.91 bits per heavy atom. The van der Waals surface area contributed by atoms with Crippen molar-refractivity contribution in [2.75, 3.05) is 13.2 Å². The van der Waals surface area contributed by atoms with Crippen molar-refractivity contribution in [3.8, 4) is 0 Å². The van der Waals surface area contributed by atoms with Gasteiger partial charge in [-0.05, 0) is 19.3 Å². The molecule has 0 aromatic heterocycles. The number of hydrogen-bond acceptors (Lipinski definition) is 2. The van der Waals surface area contributed by atoms with Crippen LogP contribution in [0.4, 0.5) is 0 Å². The third kappa shape index (κ3) is 1.03. The molecule has 1 heterocycles. The van der Waals surface area contributed by atoms with Crippen LogP contribution in [0.3, 0.4) is 0 Å². The van der Waals surface area contributed by atoms with Crippen LogP contribution in [0.1, 0.15) is 19.3 Å². The van der Waals surface area contributed by atoms with Crippen LogP contribution in [0, 0.1) is 11.3 Å². The Morgan fingerprint density at radius 2 is 2.45 bits per heavy atom. The van der Waals surface area contributed by atoms with Gasteiger partial charge in [-0.2, -0.15) is 0 Å². The summed E-state index contributed by atoms with van der Waals surface area (Å²) in [5.74, 6) is -0.752. The molecule has 0 radical (unpaired) electrons. The molecule has 1 aliphatic carbocycles. The highest BCUT2D eigenvalue weighted by Gasteiger charge is 2.58. The van der Waals surface area contributed by atoms with Crippen LogP contribution in [-0.2, 0) is 9.53 Å². The summed E-state index contributed by atoms with van der Waals surface area (Å²) < 4.78 is 5.26. The lowest BCUT2D eigenvalue weighted by molar-refractivity contribution is -0.140. The number of hydrogen-bond donors (Lipinski definition) is 1. The van der Waals surface area contributed by atoms with Gasteiger partial charge in [0.05, 0.1) is 12.5 Å². The summed E-state index contributed by atoms with van der Waals surface area (Å²) in [6, 6.07) is 0. The molecule has 1 spiro atoms.